The summed E-state index contributed by atoms with van der Waals surface area (Å²) < 4.78 is 97.9. The highest BCUT2D eigenvalue weighted by Gasteiger charge is 2.56. The van der Waals surface area contributed by atoms with Crippen molar-refractivity contribution >= 4 is 102 Å². The van der Waals surface area contributed by atoms with Gasteiger partial charge in [0, 0.05) is 31.0 Å². The molecule has 5 aliphatic rings. The van der Waals surface area contributed by atoms with Gasteiger partial charge in [-0.1, -0.05) is 200 Å². The second-order valence-corrected chi connectivity index (χ2v) is 31.6. The lowest BCUT2D eigenvalue weighted by atomic mass is 9.76. The number of anilines is 1. The second-order valence-electron chi connectivity index (χ2n) is 27.5. The minimum absolute atomic E-state index is 0.0278. The molecule has 11 rings (SSSR count). The van der Waals surface area contributed by atoms with E-state index in [2.05, 4.69) is 45.1 Å². The minimum Gasteiger partial charge on any atom is -0.461 e. The van der Waals surface area contributed by atoms with Crippen LogP contribution in [0.1, 0.15) is 89.5 Å². The zero-order valence-corrected chi connectivity index (χ0v) is 66.1. The topological polar surface area (TPSA) is 392 Å². The zero-order valence-electron chi connectivity index (χ0n) is 62.9. The van der Waals surface area contributed by atoms with E-state index in [1.165, 1.54) is 12.2 Å². The van der Waals surface area contributed by atoms with Gasteiger partial charge in [-0.05, 0) is 87.0 Å². The zero-order chi connectivity index (χ0) is 82.4. The predicted molar refractivity (Wildman–Crippen MR) is 416 cm³/mol. The fourth-order valence-corrected chi connectivity index (χ4v) is 15.1. The Kier molecular flexibility index (Phi) is 31.1. The van der Waals surface area contributed by atoms with Gasteiger partial charge in [0.1, 0.15) is 74.4 Å². The van der Waals surface area contributed by atoms with E-state index in [1.807, 2.05) is 54.6 Å². The number of barbiturate groups is 1. The maximum absolute atomic E-state index is 15.0. The molecule has 8 amide bonds. The van der Waals surface area contributed by atoms with Gasteiger partial charge in [-0.2, -0.15) is 0 Å². The lowest BCUT2D eigenvalue weighted by Crippen LogP contribution is -2.68. The van der Waals surface area contributed by atoms with Crippen LogP contribution in [0.3, 0.4) is 0 Å². The van der Waals surface area contributed by atoms with Gasteiger partial charge in [-0.15, -0.1) is 6.58 Å². The number of carbonyl (C=O) groups is 9. The molecule has 6 aromatic carbocycles. The fraction of sp³-hybridized carbons (Fsp3) is 0.395. The number of hydrogen-bond acceptors (Lipinski definition) is 25. The lowest BCUT2D eigenvalue weighted by Gasteiger charge is -2.47. The van der Waals surface area contributed by atoms with Gasteiger partial charge >= 0.3 is 38.2 Å². The largest absolute Gasteiger partial charge is 0.509 e. The van der Waals surface area contributed by atoms with E-state index in [0.717, 1.165) is 27.8 Å². The number of fused-ring (bicyclic) bond motifs is 4. The third-order valence-electron chi connectivity index (χ3n) is 19.5. The molecule has 10 atom stereocenters. The van der Waals surface area contributed by atoms with Crippen LogP contribution in [0.25, 0.3) is 11.1 Å². The molecule has 3 saturated heterocycles. The normalized spacial score (nSPS) is 21.9. The Morgan fingerprint density at radius 1 is 0.603 bits per heavy atom. The Balaban J connectivity index is 0.777. The number of nitrogens with one attached hydrogen (secondary N) is 6. The number of esters is 1. The van der Waals surface area contributed by atoms with E-state index in [1.54, 1.807) is 104 Å². The number of alkyl halides is 3. The molecule has 1 aliphatic carbocycles. The second kappa shape index (κ2) is 41.4. The number of ether oxygens (including phenoxy) is 11. The van der Waals surface area contributed by atoms with Crippen LogP contribution in [0.2, 0.25) is 0 Å². The number of hydrogen-bond donors (Lipinski definition) is 7. The summed E-state index contributed by atoms with van der Waals surface area (Å²) in [5.41, 5.74) is 6.51. The van der Waals surface area contributed by atoms with Crippen LogP contribution < -0.4 is 31.9 Å². The van der Waals surface area contributed by atoms with Gasteiger partial charge < -0.3 is 78.5 Å². The Morgan fingerprint density at radius 2 is 1.17 bits per heavy atom. The number of amides is 8. The molecule has 31 nitrogen and oxygen atoms in total. The van der Waals surface area contributed by atoms with Gasteiger partial charge in [-0.3, -0.25) is 48.2 Å². The summed E-state index contributed by atoms with van der Waals surface area (Å²) in [5, 5.41) is 27.9. The van der Waals surface area contributed by atoms with Crippen LogP contribution in [0.5, 0.6) is 0 Å². The van der Waals surface area contributed by atoms with Gasteiger partial charge in [0.15, 0.2) is 18.7 Å². The van der Waals surface area contributed by atoms with E-state index in [4.69, 9.17) is 100 Å². The van der Waals surface area contributed by atoms with Crippen molar-refractivity contribution in [3.63, 3.8) is 0 Å². The third kappa shape index (κ3) is 23.8. The summed E-state index contributed by atoms with van der Waals surface area (Å²) in [4.78, 5) is 118. The number of phosphoric acid groups is 1. The van der Waals surface area contributed by atoms with E-state index in [0.29, 0.717) is 33.5 Å². The van der Waals surface area contributed by atoms with Crippen LogP contribution in [-0.4, -0.2) is 170 Å². The smallest absolute Gasteiger partial charge is 0.461 e. The van der Waals surface area contributed by atoms with E-state index < -0.39 is 152 Å². The summed E-state index contributed by atoms with van der Waals surface area (Å²) in [5.74, 6) is -3.11. The van der Waals surface area contributed by atoms with Gasteiger partial charge in [0.2, 0.25) is 27.4 Å². The van der Waals surface area contributed by atoms with Gasteiger partial charge in [0.05, 0.1) is 52.7 Å². The first-order valence-corrected chi connectivity index (χ1v) is 39.8. The molecule has 35 heteroatoms. The standard InChI is InChI=1S/C81H88Cl3N6O25P/c1-4-37-103-72-66(87-77(98)108-45-60-58-23-14-12-21-56(58)57-22-13-15-24-59(57)60)68(94)69(106-42-52-31-33-55(34-32-52)86-64(92)26-16-25-63(91)85-36-35-65(93)105-41-51-29-27-49(28-30-51)39-80(6-3)74(95)89-76(97)90-75(80)96)62(113-72)47-107-73-67(88-78(99)109-48-81(82,83)84)71(114-79(100)104-38-5-2)70(61(112-73)46-102-40-50-17-8-7-9-18-50)115-116(101)110-43-53-19-10-11-20-54(53)44-111-116/h4-5,7-15,17-24,27-34,60-62,66-73,94H,1-2,6,16,25-26,35-48H2,3H3,(H,85,91)(H,86,92)(H,87,98)(H,88,99)(H2,89,90,95,96,97)/t61-,62-,66-,67-,68-,69-,70-,71-,72+,73-/m1/s1. The molecule has 0 bridgehead atoms. The molecule has 4 heterocycles. The van der Waals surface area contributed by atoms with Crippen molar-refractivity contribution in [3.8, 4) is 11.1 Å². The number of alkyl carbamates (subject to hydrolysis) is 2. The maximum Gasteiger partial charge on any atom is 0.509 e. The monoisotopic (exact) mass is 1680 g/mol. The Morgan fingerprint density at radius 3 is 1.82 bits per heavy atom. The average molecular weight is 1680 g/mol. The van der Waals surface area contributed by atoms with Gasteiger partial charge in [0.25, 0.3) is 0 Å². The summed E-state index contributed by atoms with van der Waals surface area (Å²) in [7, 11) is -4.74. The van der Waals surface area contributed by atoms with E-state index in [9.17, 15) is 52.8 Å². The summed E-state index contributed by atoms with van der Waals surface area (Å²) in [6.07, 6.45) is -14.0. The molecule has 3 fully saturated rings. The van der Waals surface area contributed by atoms with Crippen LogP contribution in [-0.2, 0) is 134 Å². The van der Waals surface area contributed by atoms with Crippen molar-refractivity contribution in [1.29, 1.82) is 0 Å². The minimum atomic E-state index is -4.74. The molecule has 0 spiro atoms. The highest BCUT2D eigenvalue weighted by Crippen LogP contribution is 2.55. The number of aliphatic hydroxyl groups excluding tert-OH is 1. The number of carbonyl (C=O) groups excluding carboxylic acids is 9. The summed E-state index contributed by atoms with van der Waals surface area (Å²) in [6, 6.07) is 40.6. The molecule has 116 heavy (non-hydrogen) atoms. The van der Waals surface area contributed by atoms with Crippen LogP contribution in [0, 0.1) is 5.41 Å². The number of phosphoric ester groups is 1. The molecule has 6 aromatic rings. The summed E-state index contributed by atoms with van der Waals surface area (Å²) in [6.45, 7) is 5.56. The number of rotatable bonds is 36. The van der Waals surface area contributed by atoms with Gasteiger partial charge in [-0.25, -0.2) is 23.7 Å². The first kappa shape index (κ1) is 87.2. The molecule has 7 N–H and O–H groups in total. The highest BCUT2D eigenvalue weighted by molar-refractivity contribution is 7.48. The fourth-order valence-electron chi connectivity index (χ4n) is 13.6. The lowest BCUT2D eigenvalue weighted by molar-refractivity contribution is -0.307. The molecule has 0 aromatic heterocycles. The SMILES string of the molecule is C=CCOC(=O)O[C@@H]1[C@@H](NC(=O)OCC(Cl)(Cl)Cl)[C@H](OC[C@H]2O[C@H](OCC=C)[C@H](NC(=O)OCC3c4ccccc4-c4ccccc43)[C@@H](O)[C@@H]2OCc2ccc(NC(=O)CCCC(=O)NCCC(=O)OCc3ccc(CC4(CC)C(=O)NC(=O)NC4=O)cc3)cc2)O[C@H](COCc2ccccc2)[C@H]1OP1(=O)OCc2ccccc2CO1. The van der Waals surface area contributed by atoms with Crippen molar-refractivity contribution < 1.29 is 118 Å². The predicted octanol–water partition coefficient (Wildman–Crippen LogP) is 10.8. The molecule has 0 unspecified atom stereocenters. The van der Waals surface area contributed by atoms with Crippen molar-refractivity contribution in [2.24, 2.45) is 5.41 Å². The van der Waals surface area contributed by atoms with E-state index in [-0.39, 0.29) is 104 Å². The van der Waals surface area contributed by atoms with Crippen LogP contribution in [0.15, 0.2) is 177 Å². The Labute approximate surface area is 682 Å². The molecule has 618 valence electrons. The number of benzene rings is 6. The van der Waals surface area contributed by atoms with E-state index >= 15 is 0 Å². The van der Waals surface area contributed by atoms with Crippen molar-refractivity contribution in [3.05, 3.63) is 221 Å². The van der Waals surface area contributed by atoms with Crippen molar-refractivity contribution in [1.82, 2.24) is 26.6 Å². The Bertz CT molecular complexity index is 4410. The number of aliphatic hydroxyl groups is 1. The van der Waals surface area contributed by atoms with Crippen molar-refractivity contribution in [2.75, 3.05) is 51.5 Å². The molecular weight excluding hydrogens is 1590 g/mol. The first-order valence-electron chi connectivity index (χ1n) is 37.2. The van der Waals surface area contributed by atoms with Crippen LogP contribution in [0.4, 0.5) is 24.9 Å². The first-order chi connectivity index (χ1) is 55.9. The average Bonchev–Trinajstić information content (AvgIpc) is 1.39. The molecule has 4 aliphatic heterocycles. The molecule has 0 radical (unpaired) electrons. The highest BCUT2D eigenvalue weighted by atomic mass is 35.6. The quantitative estimate of drug-likeness (QED) is 0.00480. The Hall–Kier alpha value is -9.67. The molecule has 0 saturated carbocycles. The summed E-state index contributed by atoms with van der Waals surface area (Å²) >= 11 is 18.1. The molecular formula is C81H88Cl3N6O25P. The van der Waals surface area contributed by atoms with Crippen LogP contribution >= 0.6 is 42.6 Å². The van der Waals surface area contributed by atoms with Crippen molar-refractivity contribution in [2.45, 2.75) is 149 Å². The number of halogens is 3. The number of urea groups is 1. The number of imide groups is 2. The third-order valence-corrected chi connectivity index (χ3v) is 21.2. The maximum atomic E-state index is 15.0.